The number of hydrogen-bond acceptors (Lipinski definition) is 5. The summed E-state index contributed by atoms with van der Waals surface area (Å²) in [4.78, 5) is 14.8. The Hall–Kier alpha value is -0.700. The lowest BCUT2D eigenvalue weighted by Crippen LogP contribution is -2.53. The molecule has 2 heterocycles. The van der Waals surface area contributed by atoms with Crippen LogP contribution in [-0.4, -0.2) is 81.3 Å². The Kier molecular flexibility index (Phi) is 6.82. The van der Waals surface area contributed by atoms with E-state index in [0.29, 0.717) is 13.0 Å². The lowest BCUT2D eigenvalue weighted by Gasteiger charge is -2.33. The molecule has 2 aliphatic heterocycles. The molecule has 0 aromatic rings. The van der Waals surface area contributed by atoms with Gasteiger partial charge in [0.05, 0.1) is 19.5 Å². The number of morpholine rings is 1. The average molecular weight is 347 g/mol. The Morgan fingerprint density at radius 1 is 1.26 bits per heavy atom. The van der Waals surface area contributed by atoms with Crippen molar-refractivity contribution in [3.05, 3.63) is 0 Å². The smallest absolute Gasteiger partial charge is 0.238 e. The summed E-state index contributed by atoms with van der Waals surface area (Å²) in [5.41, 5.74) is 0. The van der Waals surface area contributed by atoms with Gasteiger partial charge in [-0.25, -0.2) is 8.42 Å². The summed E-state index contributed by atoms with van der Waals surface area (Å²) in [6.45, 7) is 6.75. The van der Waals surface area contributed by atoms with Crippen LogP contribution in [0.2, 0.25) is 0 Å². The van der Waals surface area contributed by atoms with Gasteiger partial charge in [-0.1, -0.05) is 6.42 Å². The molecule has 1 amide bonds. The number of sulfonamides is 1. The number of ether oxygens (including phenoxy) is 1. The Bertz CT molecular complexity index is 491. The number of nitrogens with zero attached hydrogens (tertiary/aromatic N) is 2. The van der Waals surface area contributed by atoms with Gasteiger partial charge in [-0.15, -0.1) is 0 Å². The molecule has 2 unspecified atom stereocenters. The molecular weight excluding hydrogens is 318 g/mol. The molecule has 2 aliphatic rings. The molecule has 7 nitrogen and oxygen atoms in total. The number of nitrogens with one attached hydrogen (secondary N) is 1. The highest BCUT2D eigenvalue weighted by atomic mass is 32.2. The second-order valence-corrected chi connectivity index (χ2v) is 8.47. The number of hydrogen-bond donors (Lipinski definition) is 1. The Morgan fingerprint density at radius 3 is 2.61 bits per heavy atom. The number of amides is 1. The highest BCUT2D eigenvalue weighted by Gasteiger charge is 2.34. The van der Waals surface area contributed by atoms with E-state index in [1.807, 2.05) is 6.92 Å². The van der Waals surface area contributed by atoms with E-state index in [1.54, 1.807) is 0 Å². The fraction of sp³-hybridized carbons (Fsp3) is 0.933. The van der Waals surface area contributed by atoms with Gasteiger partial charge in [0, 0.05) is 32.2 Å². The third-order valence-electron chi connectivity index (χ3n) is 4.55. The van der Waals surface area contributed by atoms with Crippen molar-refractivity contribution in [3.8, 4) is 0 Å². The molecular formula is C15H29N3O4S. The molecule has 0 spiro atoms. The summed E-state index contributed by atoms with van der Waals surface area (Å²) in [7, 11) is -3.33. The Labute approximate surface area is 139 Å². The molecule has 23 heavy (non-hydrogen) atoms. The standard InChI is InChI=1S/C15H29N3O4S/c1-13(6-8-17-9-11-22-12-10-17)16-15(19)14-5-3-4-7-18(14)23(2,20)21/h13-14H,3-12H2,1-2H3,(H,16,19). The summed E-state index contributed by atoms with van der Waals surface area (Å²) in [5, 5.41) is 2.99. The van der Waals surface area contributed by atoms with Crippen molar-refractivity contribution >= 4 is 15.9 Å². The quantitative estimate of drug-likeness (QED) is 0.733. The highest BCUT2D eigenvalue weighted by molar-refractivity contribution is 7.88. The lowest BCUT2D eigenvalue weighted by atomic mass is 10.0. The number of rotatable bonds is 6. The molecule has 0 radical (unpaired) electrons. The fourth-order valence-electron chi connectivity index (χ4n) is 3.18. The van der Waals surface area contributed by atoms with Crippen molar-refractivity contribution in [1.82, 2.24) is 14.5 Å². The van der Waals surface area contributed by atoms with Crippen molar-refractivity contribution in [3.63, 3.8) is 0 Å². The first-order chi connectivity index (χ1) is 10.9. The average Bonchev–Trinajstić information content (AvgIpc) is 2.53. The summed E-state index contributed by atoms with van der Waals surface area (Å²) in [6, 6.07) is -0.515. The highest BCUT2D eigenvalue weighted by Crippen LogP contribution is 2.20. The fourth-order valence-corrected chi connectivity index (χ4v) is 4.30. The van der Waals surface area contributed by atoms with E-state index in [4.69, 9.17) is 4.74 Å². The van der Waals surface area contributed by atoms with Gasteiger partial charge in [-0.3, -0.25) is 9.69 Å². The van der Waals surface area contributed by atoms with Crippen LogP contribution < -0.4 is 5.32 Å². The van der Waals surface area contributed by atoms with Crippen molar-refractivity contribution in [2.24, 2.45) is 0 Å². The molecule has 134 valence electrons. The van der Waals surface area contributed by atoms with Gasteiger partial charge in [-0.2, -0.15) is 4.31 Å². The zero-order valence-corrected chi connectivity index (χ0v) is 15.0. The summed E-state index contributed by atoms with van der Waals surface area (Å²) >= 11 is 0. The first-order valence-electron chi connectivity index (χ1n) is 8.45. The van der Waals surface area contributed by atoms with E-state index >= 15 is 0 Å². The van der Waals surface area contributed by atoms with Crippen LogP contribution in [0.3, 0.4) is 0 Å². The third kappa shape index (κ3) is 5.70. The maximum atomic E-state index is 12.5. The molecule has 2 saturated heterocycles. The number of carbonyl (C=O) groups excluding carboxylic acids is 1. The van der Waals surface area contributed by atoms with Crippen LogP contribution in [0.4, 0.5) is 0 Å². The van der Waals surface area contributed by atoms with E-state index in [-0.39, 0.29) is 11.9 Å². The molecule has 0 aromatic carbocycles. The number of carbonyl (C=O) groups is 1. The van der Waals surface area contributed by atoms with E-state index in [1.165, 1.54) is 10.6 Å². The van der Waals surface area contributed by atoms with Crippen molar-refractivity contribution in [1.29, 1.82) is 0 Å². The van der Waals surface area contributed by atoms with E-state index in [9.17, 15) is 13.2 Å². The predicted molar refractivity (Wildman–Crippen MR) is 88.7 cm³/mol. The minimum absolute atomic E-state index is 0.0358. The van der Waals surface area contributed by atoms with Crippen LogP contribution in [0, 0.1) is 0 Å². The van der Waals surface area contributed by atoms with Crippen LogP contribution in [0.15, 0.2) is 0 Å². The van der Waals surface area contributed by atoms with Gasteiger partial charge in [0.25, 0.3) is 0 Å². The monoisotopic (exact) mass is 347 g/mol. The molecule has 0 aliphatic carbocycles. The Balaban J connectivity index is 1.81. The molecule has 0 saturated carbocycles. The molecule has 0 bridgehead atoms. The van der Waals surface area contributed by atoms with Gasteiger partial charge in [0.1, 0.15) is 6.04 Å². The molecule has 2 fully saturated rings. The number of piperidine rings is 1. The molecule has 2 atom stereocenters. The molecule has 8 heteroatoms. The van der Waals surface area contributed by atoms with E-state index in [2.05, 4.69) is 10.2 Å². The van der Waals surface area contributed by atoms with Crippen molar-refractivity contribution in [2.75, 3.05) is 45.6 Å². The summed E-state index contributed by atoms with van der Waals surface area (Å²) in [5.74, 6) is -0.162. The third-order valence-corrected chi connectivity index (χ3v) is 5.84. The minimum Gasteiger partial charge on any atom is -0.379 e. The maximum absolute atomic E-state index is 12.5. The van der Waals surface area contributed by atoms with Crippen LogP contribution >= 0.6 is 0 Å². The molecule has 1 N–H and O–H groups in total. The maximum Gasteiger partial charge on any atom is 0.238 e. The van der Waals surface area contributed by atoms with Crippen LogP contribution in [0.5, 0.6) is 0 Å². The first kappa shape index (κ1) is 18.6. The van der Waals surface area contributed by atoms with E-state index in [0.717, 1.165) is 52.1 Å². The van der Waals surface area contributed by atoms with Crippen molar-refractivity contribution < 1.29 is 17.9 Å². The second-order valence-electron chi connectivity index (χ2n) is 6.54. The zero-order valence-electron chi connectivity index (χ0n) is 14.2. The van der Waals surface area contributed by atoms with Gasteiger partial charge in [-0.05, 0) is 26.2 Å². The van der Waals surface area contributed by atoms with Crippen molar-refractivity contribution in [2.45, 2.75) is 44.7 Å². The van der Waals surface area contributed by atoms with Gasteiger partial charge >= 0.3 is 0 Å². The largest absolute Gasteiger partial charge is 0.379 e. The van der Waals surface area contributed by atoms with E-state index < -0.39 is 16.1 Å². The Morgan fingerprint density at radius 2 is 1.96 bits per heavy atom. The van der Waals surface area contributed by atoms with Gasteiger partial charge in [0.2, 0.25) is 15.9 Å². The normalized spacial score (nSPS) is 25.9. The van der Waals surface area contributed by atoms with Crippen LogP contribution in [0.25, 0.3) is 0 Å². The van der Waals surface area contributed by atoms with Crippen LogP contribution in [-0.2, 0) is 19.6 Å². The van der Waals surface area contributed by atoms with Gasteiger partial charge < -0.3 is 10.1 Å². The molecule has 2 rings (SSSR count). The van der Waals surface area contributed by atoms with Crippen LogP contribution in [0.1, 0.15) is 32.6 Å². The SMILES string of the molecule is CC(CCN1CCOCC1)NC(=O)C1CCCCN1S(C)(=O)=O. The first-order valence-corrected chi connectivity index (χ1v) is 10.3. The van der Waals surface area contributed by atoms with Gasteiger partial charge in [0.15, 0.2) is 0 Å². The summed E-state index contributed by atoms with van der Waals surface area (Å²) < 4.78 is 30.4. The summed E-state index contributed by atoms with van der Waals surface area (Å²) in [6.07, 6.45) is 4.36. The minimum atomic E-state index is -3.33. The molecule has 0 aromatic heterocycles. The second kappa shape index (κ2) is 8.41. The predicted octanol–water partition coefficient (Wildman–Crippen LogP) is 0.0275. The topological polar surface area (TPSA) is 79.0 Å². The lowest BCUT2D eigenvalue weighted by molar-refractivity contribution is -0.126. The zero-order chi connectivity index (χ0) is 16.9.